The molecule has 4 rings (SSSR count). The van der Waals surface area contributed by atoms with Gasteiger partial charge in [-0.05, 0) is 37.1 Å². The Morgan fingerprint density at radius 3 is 2.41 bits per heavy atom. The number of aliphatic hydroxyl groups is 2. The van der Waals surface area contributed by atoms with E-state index in [1.807, 2.05) is 32.0 Å². The highest BCUT2D eigenvalue weighted by Crippen LogP contribution is 2.40. The molecule has 0 spiro atoms. The first kappa shape index (κ1) is 23.2. The summed E-state index contributed by atoms with van der Waals surface area (Å²) in [7, 11) is 0. The van der Waals surface area contributed by atoms with E-state index in [9.17, 15) is 23.4 Å². The van der Waals surface area contributed by atoms with Crippen molar-refractivity contribution >= 4 is 0 Å². The highest BCUT2D eigenvalue weighted by molar-refractivity contribution is 5.31. The lowest BCUT2D eigenvalue weighted by molar-refractivity contribution is -0.373. The summed E-state index contributed by atoms with van der Waals surface area (Å²) < 4.78 is 62.9. The molecule has 9 heteroatoms. The van der Waals surface area contributed by atoms with Crippen LogP contribution in [-0.4, -0.2) is 47.8 Å². The molecule has 2 unspecified atom stereocenters. The molecule has 2 aromatic rings. The summed E-state index contributed by atoms with van der Waals surface area (Å²) in [5.41, 5.74) is 2.26. The van der Waals surface area contributed by atoms with Gasteiger partial charge in [0.2, 0.25) is 0 Å². The maximum absolute atomic E-state index is 13.1. The second kappa shape index (κ2) is 9.09. The molecular weight excluding hydrogens is 429 g/mol. The molecule has 32 heavy (non-hydrogen) atoms. The number of alkyl halides is 3. The quantitative estimate of drug-likeness (QED) is 0.736. The van der Waals surface area contributed by atoms with E-state index < -0.39 is 55.3 Å². The zero-order chi connectivity index (χ0) is 23.0. The number of fused-ring (bicyclic) bond motifs is 1. The third kappa shape index (κ3) is 4.68. The Bertz CT molecular complexity index is 950. The van der Waals surface area contributed by atoms with E-state index >= 15 is 0 Å². The van der Waals surface area contributed by atoms with Gasteiger partial charge in [0.25, 0.3) is 0 Å². The molecule has 2 saturated heterocycles. The Hall–Kier alpha value is -2.01. The van der Waals surface area contributed by atoms with Crippen LogP contribution < -0.4 is 0 Å². The SMILES string of the molecule is Cc1ccc(C2OC[C@@H]3OC(c4cccc(C(F)(F)F)c4)O[C@H]([C@H](O)CO)[C@@H]3O2)cc1C. The van der Waals surface area contributed by atoms with Crippen molar-refractivity contribution in [3.8, 4) is 0 Å². The number of rotatable bonds is 4. The summed E-state index contributed by atoms with van der Waals surface area (Å²) in [5.74, 6) is 0. The Morgan fingerprint density at radius 2 is 1.72 bits per heavy atom. The average Bonchev–Trinajstić information content (AvgIpc) is 2.78. The first-order valence-electron chi connectivity index (χ1n) is 10.3. The minimum absolute atomic E-state index is 0.0791. The van der Waals surface area contributed by atoms with E-state index in [0.29, 0.717) is 0 Å². The lowest BCUT2D eigenvalue weighted by atomic mass is 9.99. The van der Waals surface area contributed by atoms with E-state index in [1.165, 1.54) is 12.1 Å². The van der Waals surface area contributed by atoms with Gasteiger partial charge in [0.15, 0.2) is 12.6 Å². The largest absolute Gasteiger partial charge is 0.416 e. The van der Waals surface area contributed by atoms with Crippen molar-refractivity contribution in [2.75, 3.05) is 13.2 Å². The first-order valence-corrected chi connectivity index (χ1v) is 10.3. The van der Waals surface area contributed by atoms with Crippen LogP contribution in [-0.2, 0) is 25.1 Å². The summed E-state index contributed by atoms with van der Waals surface area (Å²) >= 11 is 0. The van der Waals surface area contributed by atoms with E-state index in [0.717, 1.165) is 28.8 Å². The van der Waals surface area contributed by atoms with Crippen LogP contribution >= 0.6 is 0 Å². The fourth-order valence-corrected chi connectivity index (χ4v) is 3.88. The van der Waals surface area contributed by atoms with Crippen molar-refractivity contribution in [3.63, 3.8) is 0 Å². The van der Waals surface area contributed by atoms with Crippen LogP contribution in [0.2, 0.25) is 0 Å². The number of benzene rings is 2. The number of aryl methyl sites for hydroxylation is 2. The molecule has 0 aromatic heterocycles. The monoisotopic (exact) mass is 454 g/mol. The van der Waals surface area contributed by atoms with Gasteiger partial charge in [0.05, 0.1) is 18.8 Å². The zero-order valence-corrected chi connectivity index (χ0v) is 17.6. The predicted octanol–water partition coefficient (Wildman–Crippen LogP) is 3.57. The Labute approximate surface area is 183 Å². The topological polar surface area (TPSA) is 77.4 Å². The smallest absolute Gasteiger partial charge is 0.394 e. The Kier molecular flexibility index (Phi) is 6.58. The Balaban J connectivity index is 1.57. The van der Waals surface area contributed by atoms with Gasteiger partial charge in [-0.15, -0.1) is 0 Å². The molecule has 6 nitrogen and oxygen atoms in total. The van der Waals surface area contributed by atoms with Crippen molar-refractivity contribution in [2.24, 2.45) is 0 Å². The maximum Gasteiger partial charge on any atom is 0.416 e. The minimum Gasteiger partial charge on any atom is -0.394 e. The van der Waals surface area contributed by atoms with Gasteiger partial charge in [0, 0.05) is 11.1 Å². The van der Waals surface area contributed by atoms with Gasteiger partial charge in [0.1, 0.15) is 24.4 Å². The van der Waals surface area contributed by atoms with Crippen LogP contribution in [0.25, 0.3) is 0 Å². The fourth-order valence-electron chi connectivity index (χ4n) is 3.88. The van der Waals surface area contributed by atoms with Gasteiger partial charge in [-0.25, -0.2) is 0 Å². The molecule has 2 N–H and O–H groups in total. The lowest BCUT2D eigenvalue weighted by Gasteiger charge is -2.47. The molecule has 2 aliphatic heterocycles. The fraction of sp³-hybridized carbons (Fsp3) is 0.478. The van der Waals surface area contributed by atoms with Gasteiger partial charge in [-0.1, -0.05) is 30.3 Å². The second-order valence-electron chi connectivity index (χ2n) is 8.09. The van der Waals surface area contributed by atoms with Crippen LogP contribution in [0.1, 0.15) is 40.4 Å². The highest BCUT2D eigenvalue weighted by Gasteiger charge is 2.48. The van der Waals surface area contributed by atoms with Gasteiger partial charge in [-0.2, -0.15) is 13.2 Å². The first-order chi connectivity index (χ1) is 15.2. The second-order valence-corrected chi connectivity index (χ2v) is 8.09. The van der Waals surface area contributed by atoms with Crippen LogP contribution in [0.5, 0.6) is 0 Å². The molecule has 2 aliphatic rings. The standard InChI is InChI=1S/C23H25F3O6/c1-12-6-7-15(8-13(12)2)21-29-11-18-20(32-21)19(17(28)10-27)31-22(30-18)14-4-3-5-16(9-14)23(24,25)26/h3-9,17-22,27-28H,10-11H2,1-2H3/t17-,18+,19-,20-,21?,22?/m1/s1. The average molecular weight is 454 g/mol. The highest BCUT2D eigenvalue weighted by atomic mass is 19.4. The number of aliphatic hydroxyl groups excluding tert-OH is 2. The molecule has 6 atom stereocenters. The third-order valence-electron chi connectivity index (χ3n) is 5.82. The van der Waals surface area contributed by atoms with Crippen molar-refractivity contribution in [1.82, 2.24) is 0 Å². The van der Waals surface area contributed by atoms with Crippen molar-refractivity contribution in [2.45, 2.75) is 57.0 Å². The van der Waals surface area contributed by atoms with Crippen LogP contribution in [0.15, 0.2) is 42.5 Å². The third-order valence-corrected chi connectivity index (χ3v) is 5.82. The van der Waals surface area contributed by atoms with Crippen LogP contribution in [0, 0.1) is 13.8 Å². The number of hydrogen-bond donors (Lipinski definition) is 2. The molecule has 2 heterocycles. The van der Waals surface area contributed by atoms with Crippen LogP contribution in [0.4, 0.5) is 13.2 Å². The van der Waals surface area contributed by atoms with E-state index in [1.54, 1.807) is 0 Å². The van der Waals surface area contributed by atoms with Crippen molar-refractivity contribution in [1.29, 1.82) is 0 Å². The van der Waals surface area contributed by atoms with E-state index in [-0.39, 0.29) is 12.2 Å². The molecule has 2 aromatic carbocycles. The molecular formula is C23H25F3O6. The molecule has 0 aliphatic carbocycles. The zero-order valence-electron chi connectivity index (χ0n) is 17.6. The van der Waals surface area contributed by atoms with E-state index in [4.69, 9.17) is 18.9 Å². The summed E-state index contributed by atoms with van der Waals surface area (Å²) in [6.07, 6.45) is -10.3. The lowest BCUT2D eigenvalue weighted by Crippen LogP contribution is -2.58. The molecule has 0 amide bonds. The van der Waals surface area contributed by atoms with Crippen LogP contribution in [0.3, 0.4) is 0 Å². The van der Waals surface area contributed by atoms with Gasteiger partial charge in [-0.3, -0.25) is 0 Å². The minimum atomic E-state index is -4.52. The van der Waals surface area contributed by atoms with E-state index in [2.05, 4.69) is 0 Å². The maximum atomic E-state index is 13.1. The molecule has 0 bridgehead atoms. The summed E-state index contributed by atoms with van der Waals surface area (Å²) in [5, 5.41) is 19.9. The summed E-state index contributed by atoms with van der Waals surface area (Å²) in [6, 6.07) is 10.4. The molecule has 0 saturated carbocycles. The van der Waals surface area contributed by atoms with Gasteiger partial charge < -0.3 is 29.2 Å². The Morgan fingerprint density at radius 1 is 0.969 bits per heavy atom. The number of halogens is 3. The molecule has 174 valence electrons. The summed E-state index contributed by atoms with van der Waals surface area (Å²) in [6.45, 7) is 3.43. The van der Waals surface area contributed by atoms with Crippen molar-refractivity contribution < 1.29 is 42.3 Å². The predicted molar refractivity (Wildman–Crippen MR) is 107 cm³/mol. The summed E-state index contributed by atoms with van der Waals surface area (Å²) in [4.78, 5) is 0. The number of ether oxygens (including phenoxy) is 4. The molecule has 2 fully saturated rings. The normalized spacial score (nSPS) is 29.4. The van der Waals surface area contributed by atoms with Crippen molar-refractivity contribution in [3.05, 3.63) is 70.3 Å². The number of hydrogen-bond acceptors (Lipinski definition) is 6. The molecule has 0 radical (unpaired) electrons. The van der Waals surface area contributed by atoms with Gasteiger partial charge >= 0.3 is 6.18 Å².